The minimum absolute atomic E-state index is 0.455. The molecule has 16 heavy (non-hydrogen) atoms. The number of aldehydes is 1. The van der Waals surface area contributed by atoms with Crippen LogP contribution >= 0.6 is 0 Å². The molecule has 3 heteroatoms. The molecule has 0 fully saturated rings. The summed E-state index contributed by atoms with van der Waals surface area (Å²) < 4.78 is 7.47. The van der Waals surface area contributed by atoms with Crippen molar-refractivity contribution in [2.45, 2.75) is 19.9 Å². The first-order valence-corrected chi connectivity index (χ1v) is 5.40. The monoisotopic (exact) mass is 217 g/mol. The summed E-state index contributed by atoms with van der Waals surface area (Å²) in [4.78, 5) is 10.6. The van der Waals surface area contributed by atoms with Crippen LogP contribution in [-0.2, 0) is 17.8 Å². The van der Waals surface area contributed by atoms with Gasteiger partial charge in [0, 0.05) is 24.5 Å². The normalized spacial score (nSPS) is 10.6. The van der Waals surface area contributed by atoms with Crippen molar-refractivity contribution in [3.05, 3.63) is 30.0 Å². The molecule has 0 saturated heterocycles. The number of carbonyl (C=O) groups excluding carboxylic acids is 1. The zero-order valence-electron chi connectivity index (χ0n) is 9.56. The van der Waals surface area contributed by atoms with E-state index in [4.69, 9.17) is 4.74 Å². The second-order valence-electron chi connectivity index (χ2n) is 3.67. The van der Waals surface area contributed by atoms with Crippen molar-refractivity contribution in [2.24, 2.45) is 0 Å². The summed E-state index contributed by atoms with van der Waals surface area (Å²) in [6.45, 7) is 2.95. The van der Waals surface area contributed by atoms with E-state index in [0.29, 0.717) is 6.42 Å². The number of carbonyl (C=O) groups is 1. The number of rotatable bonds is 4. The van der Waals surface area contributed by atoms with Gasteiger partial charge < -0.3 is 14.1 Å². The third kappa shape index (κ3) is 1.58. The first kappa shape index (κ1) is 10.7. The summed E-state index contributed by atoms with van der Waals surface area (Å²) in [6.07, 6.45) is 3.42. The Morgan fingerprint density at radius 1 is 1.44 bits per heavy atom. The van der Waals surface area contributed by atoms with E-state index < -0.39 is 0 Å². The van der Waals surface area contributed by atoms with Crippen molar-refractivity contribution in [3.63, 3.8) is 0 Å². The molecule has 0 bridgehead atoms. The van der Waals surface area contributed by atoms with Gasteiger partial charge in [-0.3, -0.25) is 0 Å². The van der Waals surface area contributed by atoms with Crippen molar-refractivity contribution < 1.29 is 9.53 Å². The molecule has 0 saturated carbocycles. The number of benzene rings is 1. The van der Waals surface area contributed by atoms with Gasteiger partial charge in [0.2, 0.25) is 0 Å². The molecule has 0 radical (unpaired) electrons. The molecule has 1 aromatic carbocycles. The molecular formula is C13H15NO2. The smallest absolute Gasteiger partial charge is 0.143 e. The van der Waals surface area contributed by atoms with Gasteiger partial charge in [0.1, 0.15) is 12.0 Å². The highest BCUT2D eigenvalue weighted by atomic mass is 16.5. The highest BCUT2D eigenvalue weighted by molar-refractivity contribution is 5.90. The molecule has 1 heterocycles. The maximum Gasteiger partial charge on any atom is 0.143 e. The van der Waals surface area contributed by atoms with Gasteiger partial charge in [0.25, 0.3) is 0 Å². The van der Waals surface area contributed by atoms with E-state index in [-0.39, 0.29) is 0 Å². The lowest BCUT2D eigenvalue weighted by atomic mass is 10.1. The highest BCUT2D eigenvalue weighted by Crippen LogP contribution is 2.29. The zero-order chi connectivity index (χ0) is 11.5. The van der Waals surface area contributed by atoms with Crippen LogP contribution < -0.4 is 4.74 Å². The molecule has 0 N–H and O–H groups in total. The van der Waals surface area contributed by atoms with Gasteiger partial charge in [0.15, 0.2) is 0 Å². The zero-order valence-corrected chi connectivity index (χ0v) is 9.56. The van der Waals surface area contributed by atoms with Crippen LogP contribution in [0.4, 0.5) is 0 Å². The largest absolute Gasteiger partial charge is 0.495 e. The van der Waals surface area contributed by atoms with Crippen molar-refractivity contribution in [1.82, 2.24) is 4.57 Å². The summed E-state index contributed by atoms with van der Waals surface area (Å²) in [5.74, 6) is 0.858. The molecule has 0 spiro atoms. The molecule has 84 valence electrons. The van der Waals surface area contributed by atoms with E-state index in [1.165, 1.54) is 0 Å². The minimum Gasteiger partial charge on any atom is -0.495 e. The molecule has 0 aliphatic heterocycles. The first-order valence-electron chi connectivity index (χ1n) is 5.40. The number of aromatic nitrogens is 1. The van der Waals surface area contributed by atoms with E-state index in [1.807, 2.05) is 24.4 Å². The standard InChI is InChI=1S/C13H15NO2/c1-3-14-9-10(7-8-15)11-5-4-6-12(16-2)13(11)14/h4-6,8-9H,3,7H2,1-2H3. The predicted molar refractivity (Wildman–Crippen MR) is 63.9 cm³/mol. The maximum absolute atomic E-state index is 10.6. The molecular weight excluding hydrogens is 202 g/mol. The second-order valence-corrected chi connectivity index (χ2v) is 3.67. The summed E-state index contributed by atoms with van der Waals surface area (Å²) in [5.41, 5.74) is 2.13. The van der Waals surface area contributed by atoms with Crippen molar-refractivity contribution in [2.75, 3.05) is 7.11 Å². The molecule has 3 nitrogen and oxygen atoms in total. The molecule has 2 aromatic rings. The van der Waals surface area contributed by atoms with E-state index in [9.17, 15) is 4.79 Å². The van der Waals surface area contributed by atoms with Crippen molar-refractivity contribution in [1.29, 1.82) is 0 Å². The van der Waals surface area contributed by atoms with Crippen molar-refractivity contribution >= 4 is 17.2 Å². The maximum atomic E-state index is 10.6. The number of fused-ring (bicyclic) bond motifs is 1. The lowest BCUT2D eigenvalue weighted by Gasteiger charge is -2.05. The fraction of sp³-hybridized carbons (Fsp3) is 0.308. The molecule has 0 aliphatic carbocycles. The second kappa shape index (κ2) is 4.39. The van der Waals surface area contributed by atoms with Crippen LogP contribution in [0.5, 0.6) is 5.75 Å². The Morgan fingerprint density at radius 2 is 2.25 bits per heavy atom. The summed E-state index contributed by atoms with van der Waals surface area (Å²) >= 11 is 0. The van der Waals surface area contributed by atoms with Gasteiger partial charge in [-0.05, 0) is 18.6 Å². The molecule has 0 unspecified atom stereocenters. The predicted octanol–water partition coefficient (Wildman–Crippen LogP) is 2.41. The number of methoxy groups -OCH3 is 1. The van der Waals surface area contributed by atoms with E-state index in [1.54, 1.807) is 7.11 Å². The van der Waals surface area contributed by atoms with Gasteiger partial charge in [-0.25, -0.2) is 0 Å². The van der Waals surface area contributed by atoms with Gasteiger partial charge in [-0.2, -0.15) is 0 Å². The van der Waals surface area contributed by atoms with Crippen LogP contribution in [0, 0.1) is 0 Å². The lowest BCUT2D eigenvalue weighted by Crippen LogP contribution is -1.93. The molecule has 1 aromatic heterocycles. The van der Waals surface area contributed by atoms with Crippen LogP contribution in [0.1, 0.15) is 12.5 Å². The number of aryl methyl sites for hydroxylation is 1. The van der Waals surface area contributed by atoms with Crippen LogP contribution in [0.25, 0.3) is 10.9 Å². The van der Waals surface area contributed by atoms with Crippen LogP contribution in [-0.4, -0.2) is 18.0 Å². The Hall–Kier alpha value is -1.77. The average Bonchev–Trinajstić information content (AvgIpc) is 2.68. The lowest BCUT2D eigenvalue weighted by molar-refractivity contribution is -0.107. The van der Waals surface area contributed by atoms with Crippen LogP contribution in [0.15, 0.2) is 24.4 Å². The first-order chi connectivity index (χ1) is 7.81. The minimum atomic E-state index is 0.455. The summed E-state index contributed by atoms with van der Waals surface area (Å²) in [7, 11) is 1.67. The van der Waals surface area contributed by atoms with Gasteiger partial charge in [-0.1, -0.05) is 12.1 Å². The fourth-order valence-corrected chi connectivity index (χ4v) is 2.07. The Morgan fingerprint density at radius 3 is 2.88 bits per heavy atom. The summed E-state index contributed by atoms with van der Waals surface area (Å²) in [6, 6.07) is 5.93. The third-order valence-corrected chi connectivity index (χ3v) is 2.81. The van der Waals surface area contributed by atoms with Crippen LogP contribution in [0.3, 0.4) is 0 Å². The topological polar surface area (TPSA) is 31.2 Å². The Balaban J connectivity index is 2.73. The molecule has 2 rings (SSSR count). The SMILES string of the molecule is CCn1cc(CC=O)c2cccc(OC)c21. The van der Waals surface area contributed by atoms with E-state index in [0.717, 1.165) is 35.0 Å². The highest BCUT2D eigenvalue weighted by Gasteiger charge is 2.11. The summed E-state index contributed by atoms with van der Waals surface area (Å²) in [5, 5.41) is 1.10. The van der Waals surface area contributed by atoms with Gasteiger partial charge in [0.05, 0.1) is 12.6 Å². The quantitative estimate of drug-likeness (QED) is 0.736. The number of hydrogen-bond acceptors (Lipinski definition) is 2. The van der Waals surface area contributed by atoms with Gasteiger partial charge in [-0.15, -0.1) is 0 Å². The van der Waals surface area contributed by atoms with Crippen LogP contribution in [0.2, 0.25) is 0 Å². The molecule has 0 atom stereocenters. The number of para-hydroxylation sites is 1. The molecule has 0 aliphatic rings. The fourth-order valence-electron chi connectivity index (χ4n) is 2.07. The third-order valence-electron chi connectivity index (χ3n) is 2.81. The molecule has 0 amide bonds. The Kier molecular flexibility index (Phi) is 2.95. The van der Waals surface area contributed by atoms with E-state index >= 15 is 0 Å². The number of ether oxygens (including phenoxy) is 1. The number of nitrogens with zero attached hydrogens (tertiary/aromatic N) is 1. The average molecular weight is 217 g/mol. The van der Waals surface area contributed by atoms with Crippen molar-refractivity contribution in [3.8, 4) is 5.75 Å². The van der Waals surface area contributed by atoms with E-state index in [2.05, 4.69) is 11.5 Å². The van der Waals surface area contributed by atoms with Gasteiger partial charge >= 0.3 is 0 Å². The number of hydrogen-bond donors (Lipinski definition) is 0. The Labute approximate surface area is 94.6 Å². The Bertz CT molecular complexity index is 514.